The second-order valence-corrected chi connectivity index (χ2v) is 9.78. The molecular formula is C30H26O14. The number of aromatic hydroxyl groups is 5. The molecule has 2 heterocycles. The molecule has 1 aliphatic rings. The number of ether oxygens (including phenoxy) is 3. The van der Waals surface area contributed by atoms with Gasteiger partial charge in [0.1, 0.15) is 46.5 Å². The molecule has 5 unspecified atom stereocenters. The Kier molecular flexibility index (Phi) is 8.33. The van der Waals surface area contributed by atoms with Crippen LogP contribution < -0.4 is 10.2 Å². The van der Waals surface area contributed by atoms with Gasteiger partial charge in [-0.25, -0.2) is 4.79 Å². The Labute approximate surface area is 247 Å². The molecule has 230 valence electrons. The van der Waals surface area contributed by atoms with E-state index < -0.39 is 77.1 Å². The van der Waals surface area contributed by atoms with Gasteiger partial charge in [-0.15, -0.1) is 0 Å². The van der Waals surface area contributed by atoms with E-state index in [4.69, 9.17) is 18.6 Å². The Morgan fingerprint density at radius 3 is 2.27 bits per heavy atom. The summed E-state index contributed by atoms with van der Waals surface area (Å²) < 4.78 is 22.6. The summed E-state index contributed by atoms with van der Waals surface area (Å²) in [5, 5.41) is 79.9. The van der Waals surface area contributed by atoms with Crippen molar-refractivity contribution in [2.45, 2.75) is 30.7 Å². The lowest BCUT2D eigenvalue weighted by Gasteiger charge is -2.41. The summed E-state index contributed by atoms with van der Waals surface area (Å²) in [5.41, 5.74) is -0.717. The van der Waals surface area contributed by atoms with E-state index in [1.165, 1.54) is 42.5 Å². The summed E-state index contributed by atoms with van der Waals surface area (Å²) in [6, 6.07) is 11.0. The van der Waals surface area contributed by atoms with Crippen LogP contribution in [0.2, 0.25) is 0 Å². The number of hydrogen-bond donors (Lipinski definition) is 8. The van der Waals surface area contributed by atoms with Crippen LogP contribution >= 0.6 is 0 Å². The highest BCUT2D eigenvalue weighted by molar-refractivity contribution is 5.88. The molecular weight excluding hydrogens is 584 g/mol. The first kappa shape index (κ1) is 30.2. The molecule has 1 saturated heterocycles. The topological polar surface area (TPSA) is 237 Å². The molecule has 0 amide bonds. The number of rotatable bonds is 7. The van der Waals surface area contributed by atoms with Gasteiger partial charge in [0.25, 0.3) is 0 Å². The molecule has 3 aromatic carbocycles. The fraction of sp³-hybridized carbons (Fsp3) is 0.200. The van der Waals surface area contributed by atoms with Crippen molar-refractivity contribution in [1.29, 1.82) is 0 Å². The van der Waals surface area contributed by atoms with Crippen LogP contribution in [0.5, 0.6) is 34.5 Å². The first-order valence-corrected chi connectivity index (χ1v) is 13.0. The van der Waals surface area contributed by atoms with Gasteiger partial charge in [-0.3, -0.25) is 4.79 Å². The first-order chi connectivity index (χ1) is 21.0. The molecule has 1 aromatic heterocycles. The van der Waals surface area contributed by atoms with Gasteiger partial charge < -0.3 is 59.5 Å². The van der Waals surface area contributed by atoms with Gasteiger partial charge in [0.2, 0.25) is 17.5 Å². The Bertz CT molecular complexity index is 1780. The van der Waals surface area contributed by atoms with Crippen molar-refractivity contribution >= 4 is 23.0 Å². The fourth-order valence-electron chi connectivity index (χ4n) is 4.55. The number of benzene rings is 3. The van der Waals surface area contributed by atoms with E-state index in [0.29, 0.717) is 5.56 Å². The second-order valence-electron chi connectivity index (χ2n) is 9.78. The normalized spacial score (nSPS) is 21.8. The Balaban J connectivity index is 1.55. The van der Waals surface area contributed by atoms with E-state index in [0.717, 1.165) is 24.3 Å². The SMILES string of the molecule is O=C(/C=C/c1ccc(O)c(O)c1)OC1C(Oc2c(-c3ccc(O)cc3)oc3cc(O)cc(O)c3c2=O)OC(CO)C(O)C1O. The quantitative estimate of drug-likeness (QED) is 0.0840. The van der Waals surface area contributed by atoms with Crippen molar-refractivity contribution in [3.05, 3.63) is 76.5 Å². The molecule has 14 nitrogen and oxygen atoms in total. The first-order valence-electron chi connectivity index (χ1n) is 13.0. The molecule has 4 aromatic rings. The summed E-state index contributed by atoms with van der Waals surface area (Å²) in [6.07, 6.45) is -6.60. The third kappa shape index (κ3) is 5.95. The van der Waals surface area contributed by atoms with Gasteiger partial charge in [0.15, 0.2) is 23.4 Å². The Morgan fingerprint density at radius 1 is 0.864 bits per heavy atom. The molecule has 14 heteroatoms. The molecule has 8 N–H and O–H groups in total. The highest BCUT2D eigenvalue weighted by Gasteiger charge is 2.48. The molecule has 1 aliphatic heterocycles. The summed E-state index contributed by atoms with van der Waals surface area (Å²) in [4.78, 5) is 26.4. The second kappa shape index (κ2) is 12.1. The van der Waals surface area contributed by atoms with Gasteiger partial charge in [-0.2, -0.15) is 0 Å². The standard InChI is InChI=1S/C30H26O14/c31-12-21-24(38)26(40)29(43-22(37)8-2-13-1-7-17(34)18(35)9-13)30(42-21)44-28-25(39)23-19(36)10-16(33)11-20(23)41-27(28)14-3-5-15(32)6-4-14/h1-11,21,24,26,29-36,38,40H,12H2/b8-2+. The summed E-state index contributed by atoms with van der Waals surface area (Å²) in [5.74, 6) is -3.96. The minimum absolute atomic E-state index is 0.115. The van der Waals surface area contributed by atoms with Crippen LogP contribution in [0.3, 0.4) is 0 Å². The van der Waals surface area contributed by atoms with E-state index in [1.54, 1.807) is 0 Å². The van der Waals surface area contributed by atoms with Crippen LogP contribution in [0.15, 0.2) is 69.9 Å². The number of aliphatic hydroxyl groups is 3. The van der Waals surface area contributed by atoms with Crippen molar-refractivity contribution < 1.29 is 64.3 Å². The maximum Gasteiger partial charge on any atom is 0.331 e. The van der Waals surface area contributed by atoms with Crippen molar-refractivity contribution in [2.24, 2.45) is 0 Å². The number of phenols is 5. The van der Waals surface area contributed by atoms with E-state index in [1.807, 2.05) is 0 Å². The van der Waals surface area contributed by atoms with Crippen molar-refractivity contribution in [2.75, 3.05) is 6.61 Å². The number of carbonyl (C=O) groups excluding carboxylic acids is 1. The number of aliphatic hydroxyl groups excluding tert-OH is 3. The molecule has 1 fully saturated rings. The number of fused-ring (bicyclic) bond motifs is 1. The molecule has 0 radical (unpaired) electrons. The zero-order valence-corrected chi connectivity index (χ0v) is 22.5. The number of carbonyl (C=O) groups is 1. The third-order valence-corrected chi connectivity index (χ3v) is 6.77. The highest BCUT2D eigenvalue weighted by Crippen LogP contribution is 2.38. The lowest BCUT2D eigenvalue weighted by Crippen LogP contribution is -2.61. The number of phenolic OH excluding ortho intramolecular Hbond substituents is 5. The van der Waals surface area contributed by atoms with Crippen molar-refractivity contribution in [1.82, 2.24) is 0 Å². The third-order valence-electron chi connectivity index (χ3n) is 6.77. The van der Waals surface area contributed by atoms with Gasteiger partial charge in [-0.05, 0) is 48.0 Å². The molecule has 0 aliphatic carbocycles. The average molecular weight is 611 g/mol. The zero-order chi connectivity index (χ0) is 31.7. The van der Waals surface area contributed by atoms with E-state index in [9.17, 15) is 50.4 Å². The minimum atomic E-state index is -1.89. The van der Waals surface area contributed by atoms with E-state index in [2.05, 4.69) is 0 Å². The van der Waals surface area contributed by atoms with Crippen LogP contribution in [0.25, 0.3) is 28.4 Å². The molecule has 44 heavy (non-hydrogen) atoms. The molecule has 5 atom stereocenters. The molecule has 0 saturated carbocycles. The lowest BCUT2D eigenvalue weighted by molar-refractivity contribution is -0.281. The highest BCUT2D eigenvalue weighted by atomic mass is 16.7. The average Bonchev–Trinajstić information content (AvgIpc) is 2.98. The van der Waals surface area contributed by atoms with Gasteiger partial charge in [0.05, 0.1) is 6.61 Å². The van der Waals surface area contributed by atoms with E-state index in [-0.39, 0.29) is 28.4 Å². The fourth-order valence-corrected chi connectivity index (χ4v) is 4.55. The van der Waals surface area contributed by atoms with Crippen LogP contribution in [-0.4, -0.2) is 84.1 Å². The van der Waals surface area contributed by atoms with Crippen LogP contribution in [-0.2, 0) is 14.3 Å². The van der Waals surface area contributed by atoms with Crippen LogP contribution in [0.1, 0.15) is 5.56 Å². The predicted molar refractivity (Wildman–Crippen MR) is 150 cm³/mol. The van der Waals surface area contributed by atoms with Crippen LogP contribution in [0, 0.1) is 0 Å². The zero-order valence-electron chi connectivity index (χ0n) is 22.5. The summed E-state index contributed by atoms with van der Waals surface area (Å²) >= 11 is 0. The largest absolute Gasteiger partial charge is 0.508 e. The summed E-state index contributed by atoms with van der Waals surface area (Å²) in [6.45, 7) is -0.805. The predicted octanol–water partition coefficient (Wildman–Crippen LogP) is 1.43. The molecule has 0 bridgehead atoms. The molecule has 5 rings (SSSR count). The lowest BCUT2D eigenvalue weighted by atomic mass is 9.99. The van der Waals surface area contributed by atoms with Gasteiger partial charge in [-0.1, -0.05) is 6.07 Å². The van der Waals surface area contributed by atoms with E-state index >= 15 is 0 Å². The van der Waals surface area contributed by atoms with Crippen molar-refractivity contribution in [3.63, 3.8) is 0 Å². The van der Waals surface area contributed by atoms with Crippen LogP contribution in [0.4, 0.5) is 0 Å². The minimum Gasteiger partial charge on any atom is -0.508 e. The molecule has 0 spiro atoms. The Hall–Kier alpha value is -5.28. The number of hydrogen-bond acceptors (Lipinski definition) is 14. The maximum absolute atomic E-state index is 13.7. The number of esters is 1. The summed E-state index contributed by atoms with van der Waals surface area (Å²) in [7, 11) is 0. The maximum atomic E-state index is 13.7. The van der Waals surface area contributed by atoms with Gasteiger partial charge >= 0.3 is 5.97 Å². The Morgan fingerprint density at radius 2 is 1.59 bits per heavy atom. The smallest absolute Gasteiger partial charge is 0.331 e. The van der Waals surface area contributed by atoms with Gasteiger partial charge in [0, 0.05) is 23.8 Å². The monoisotopic (exact) mass is 610 g/mol. The van der Waals surface area contributed by atoms with Crippen molar-refractivity contribution in [3.8, 4) is 45.8 Å².